The Morgan fingerprint density at radius 2 is 2.55 bits per heavy atom. The second-order valence-corrected chi connectivity index (χ2v) is 2.00. The number of rotatable bonds is 1. The molecule has 0 unspecified atom stereocenters. The van der Waals surface area contributed by atoms with Crippen molar-refractivity contribution in [3.05, 3.63) is 18.2 Å². The van der Waals surface area contributed by atoms with Crippen LogP contribution >= 0.6 is 0 Å². The summed E-state index contributed by atoms with van der Waals surface area (Å²) in [6, 6.07) is 0. The van der Waals surface area contributed by atoms with Crippen LogP contribution in [0.3, 0.4) is 0 Å². The van der Waals surface area contributed by atoms with Crippen molar-refractivity contribution in [1.82, 2.24) is 30.2 Å². The topological polar surface area (TPSA) is 72.3 Å². The van der Waals surface area contributed by atoms with Crippen LogP contribution < -0.4 is 0 Å². The van der Waals surface area contributed by atoms with Crippen molar-refractivity contribution < 1.29 is 0 Å². The van der Waals surface area contributed by atoms with Gasteiger partial charge in [-0.15, -0.1) is 5.10 Å². The smallest absolute Gasteiger partial charge is 0.243 e. The van der Waals surface area contributed by atoms with Gasteiger partial charge in [0.1, 0.15) is 12.0 Å². The van der Waals surface area contributed by atoms with E-state index in [0.717, 1.165) is 0 Å². The molecule has 55 valence electrons. The van der Waals surface area contributed by atoms with Gasteiger partial charge in [-0.05, 0) is 6.92 Å². The van der Waals surface area contributed by atoms with Crippen molar-refractivity contribution in [3.8, 4) is 5.95 Å². The first-order valence-electron chi connectivity index (χ1n) is 3.04. The predicted octanol–water partition coefficient (Wildman–Crippen LogP) is -0.506. The van der Waals surface area contributed by atoms with E-state index < -0.39 is 0 Å². The van der Waals surface area contributed by atoms with E-state index in [0.29, 0.717) is 11.8 Å². The third-order valence-electron chi connectivity index (χ3n) is 1.18. The molecule has 1 radical (unpaired) electrons. The van der Waals surface area contributed by atoms with Crippen molar-refractivity contribution in [3.63, 3.8) is 0 Å². The standard InChI is InChI=1S/C5H5N6/c1-4-7-5(9-8-4)11-3-2-6-10-11/h3H,1H3,(H,7,8,9). The first-order chi connectivity index (χ1) is 5.36. The molecule has 0 bridgehead atoms. The highest BCUT2D eigenvalue weighted by Gasteiger charge is 2.00. The predicted molar refractivity (Wildman–Crippen MR) is 34.9 cm³/mol. The summed E-state index contributed by atoms with van der Waals surface area (Å²) in [5.74, 6) is 1.23. The van der Waals surface area contributed by atoms with Gasteiger partial charge < -0.3 is 0 Å². The van der Waals surface area contributed by atoms with E-state index in [-0.39, 0.29) is 0 Å². The second-order valence-electron chi connectivity index (χ2n) is 2.00. The third-order valence-corrected chi connectivity index (χ3v) is 1.18. The molecule has 0 atom stereocenters. The largest absolute Gasteiger partial charge is 0.248 e. The van der Waals surface area contributed by atoms with Crippen LogP contribution in [0.5, 0.6) is 0 Å². The van der Waals surface area contributed by atoms with Crippen molar-refractivity contribution in [1.29, 1.82) is 0 Å². The Morgan fingerprint density at radius 1 is 1.64 bits per heavy atom. The molecule has 0 aliphatic carbocycles. The molecule has 11 heavy (non-hydrogen) atoms. The number of nitrogens with zero attached hydrogens (tertiary/aromatic N) is 5. The third kappa shape index (κ3) is 0.977. The lowest BCUT2D eigenvalue weighted by Gasteiger charge is -1.87. The lowest BCUT2D eigenvalue weighted by molar-refractivity contribution is 0.758. The highest BCUT2D eigenvalue weighted by Crippen LogP contribution is 1.94. The van der Waals surface area contributed by atoms with Gasteiger partial charge in [0.25, 0.3) is 0 Å². The average Bonchev–Trinajstić information content (AvgIpc) is 2.55. The van der Waals surface area contributed by atoms with Crippen LogP contribution in [0, 0.1) is 13.1 Å². The van der Waals surface area contributed by atoms with Gasteiger partial charge in [-0.25, -0.2) is 5.10 Å². The summed E-state index contributed by atoms with van der Waals surface area (Å²) in [6.45, 7) is 1.79. The Balaban J connectivity index is 2.45. The van der Waals surface area contributed by atoms with Gasteiger partial charge in [-0.2, -0.15) is 14.8 Å². The lowest BCUT2D eigenvalue weighted by Crippen LogP contribution is -1.97. The van der Waals surface area contributed by atoms with Crippen LogP contribution in [0.4, 0.5) is 0 Å². The molecule has 2 aromatic rings. The molecule has 6 nitrogen and oxygen atoms in total. The fourth-order valence-electron chi connectivity index (χ4n) is 0.720. The number of hydrogen-bond acceptors (Lipinski definition) is 4. The molecular formula is C5H5N6. The molecule has 0 aliphatic heterocycles. The molecule has 0 spiro atoms. The van der Waals surface area contributed by atoms with Gasteiger partial charge >= 0.3 is 0 Å². The summed E-state index contributed by atoms with van der Waals surface area (Å²) >= 11 is 0. The summed E-state index contributed by atoms with van der Waals surface area (Å²) < 4.78 is 1.46. The molecular weight excluding hydrogens is 144 g/mol. The normalized spacial score (nSPS) is 10.3. The van der Waals surface area contributed by atoms with E-state index in [2.05, 4.69) is 31.7 Å². The molecule has 2 aromatic heterocycles. The van der Waals surface area contributed by atoms with Gasteiger partial charge in [0, 0.05) is 0 Å². The number of hydrogen-bond donors (Lipinski definition) is 1. The van der Waals surface area contributed by atoms with Crippen LogP contribution in [0.2, 0.25) is 0 Å². The number of aryl methyl sites for hydroxylation is 1. The Morgan fingerprint density at radius 3 is 3.09 bits per heavy atom. The minimum atomic E-state index is 0.552. The van der Waals surface area contributed by atoms with Crippen molar-refractivity contribution in [2.75, 3.05) is 0 Å². The Hall–Kier alpha value is -1.72. The highest BCUT2D eigenvalue weighted by molar-refractivity contribution is 5.05. The second kappa shape index (κ2) is 2.15. The summed E-state index contributed by atoms with van der Waals surface area (Å²) in [7, 11) is 0. The molecule has 0 saturated heterocycles. The van der Waals surface area contributed by atoms with Gasteiger partial charge in [-0.1, -0.05) is 5.21 Å². The van der Waals surface area contributed by atoms with E-state index in [4.69, 9.17) is 0 Å². The zero-order valence-corrected chi connectivity index (χ0v) is 5.81. The summed E-state index contributed by atoms with van der Waals surface area (Å²) in [5.41, 5.74) is 0. The van der Waals surface area contributed by atoms with Crippen LogP contribution in [-0.4, -0.2) is 30.2 Å². The van der Waals surface area contributed by atoms with Crippen LogP contribution in [-0.2, 0) is 0 Å². The molecule has 0 saturated carbocycles. The van der Waals surface area contributed by atoms with Crippen LogP contribution in [0.15, 0.2) is 6.20 Å². The number of aromatic amines is 1. The maximum Gasteiger partial charge on any atom is 0.248 e. The summed E-state index contributed by atoms with van der Waals surface area (Å²) in [6.07, 6.45) is 4.12. The molecule has 0 fully saturated rings. The summed E-state index contributed by atoms with van der Waals surface area (Å²) in [5, 5.41) is 13.7. The van der Waals surface area contributed by atoms with Crippen molar-refractivity contribution >= 4 is 0 Å². The quantitative estimate of drug-likeness (QED) is 0.593. The van der Waals surface area contributed by atoms with Gasteiger partial charge in [-0.3, -0.25) is 0 Å². The average molecular weight is 149 g/mol. The van der Waals surface area contributed by atoms with Crippen LogP contribution in [0.25, 0.3) is 5.95 Å². The Bertz CT molecular complexity index is 333. The molecule has 2 heterocycles. The SMILES string of the molecule is Cc1n[nH]c(-n2c[c]nn2)n1. The first kappa shape index (κ1) is 6.02. The fraction of sp³-hybridized carbons (Fsp3) is 0.200. The van der Waals surface area contributed by atoms with E-state index in [1.165, 1.54) is 4.68 Å². The maximum absolute atomic E-state index is 4.03. The van der Waals surface area contributed by atoms with E-state index in [1.54, 1.807) is 13.1 Å². The minimum absolute atomic E-state index is 0.552. The van der Waals surface area contributed by atoms with E-state index in [1.807, 2.05) is 0 Å². The maximum atomic E-state index is 4.03. The number of H-pyrrole nitrogens is 1. The summed E-state index contributed by atoms with van der Waals surface area (Å²) in [4.78, 5) is 4.03. The van der Waals surface area contributed by atoms with E-state index in [9.17, 15) is 0 Å². The minimum Gasteiger partial charge on any atom is -0.243 e. The molecule has 0 amide bonds. The Labute approximate surface area is 62.3 Å². The molecule has 0 aromatic carbocycles. The first-order valence-corrected chi connectivity index (χ1v) is 3.04. The van der Waals surface area contributed by atoms with Gasteiger partial charge in [0.05, 0.1) is 6.20 Å². The van der Waals surface area contributed by atoms with Crippen LogP contribution in [0.1, 0.15) is 5.82 Å². The van der Waals surface area contributed by atoms with Crippen molar-refractivity contribution in [2.24, 2.45) is 0 Å². The molecule has 2 rings (SSSR count). The van der Waals surface area contributed by atoms with Gasteiger partial charge in [0.2, 0.25) is 5.95 Å². The lowest BCUT2D eigenvalue weighted by atomic mass is 10.7. The van der Waals surface area contributed by atoms with Gasteiger partial charge in [0.15, 0.2) is 0 Å². The molecule has 0 aliphatic rings. The molecule has 6 heteroatoms. The fourth-order valence-corrected chi connectivity index (χ4v) is 0.720. The Kier molecular flexibility index (Phi) is 1.18. The van der Waals surface area contributed by atoms with Crippen molar-refractivity contribution in [2.45, 2.75) is 6.92 Å². The zero-order chi connectivity index (χ0) is 7.68. The zero-order valence-electron chi connectivity index (χ0n) is 5.81. The molecule has 1 N–H and O–H groups in total. The highest BCUT2D eigenvalue weighted by atomic mass is 15.5. The number of nitrogens with one attached hydrogen (secondary N) is 1. The van der Waals surface area contributed by atoms with E-state index >= 15 is 0 Å². The number of aromatic nitrogens is 6. The monoisotopic (exact) mass is 149 g/mol.